The molecule has 0 aliphatic heterocycles. The number of anilines is 1. The van der Waals surface area contributed by atoms with E-state index in [1.54, 1.807) is 18.6 Å². The molecular weight excluding hydrogens is 194 g/mol. The van der Waals surface area contributed by atoms with Crippen molar-refractivity contribution in [2.75, 3.05) is 5.73 Å². The molecule has 0 aromatic carbocycles. The second-order valence-corrected chi connectivity index (χ2v) is 3.28. The first-order chi connectivity index (χ1) is 6.79. The van der Waals surface area contributed by atoms with E-state index >= 15 is 0 Å². The van der Waals surface area contributed by atoms with Crippen molar-refractivity contribution in [1.29, 1.82) is 0 Å². The van der Waals surface area contributed by atoms with Gasteiger partial charge in [0.1, 0.15) is 4.64 Å². The van der Waals surface area contributed by atoms with Crippen molar-refractivity contribution >= 4 is 17.9 Å². The maximum absolute atomic E-state index is 5.86. The van der Waals surface area contributed by atoms with Crippen LogP contribution in [0.5, 0.6) is 0 Å². The molecule has 0 amide bonds. The fourth-order valence-electron chi connectivity index (χ4n) is 1.27. The average molecular weight is 203 g/mol. The predicted molar refractivity (Wildman–Crippen MR) is 59.3 cm³/mol. The highest BCUT2D eigenvalue weighted by atomic mass is 32.1. The summed E-state index contributed by atoms with van der Waals surface area (Å²) in [6, 6.07) is 5.71. The minimum atomic E-state index is 0.569. The van der Waals surface area contributed by atoms with Crippen LogP contribution in [0.15, 0.2) is 36.8 Å². The largest absolute Gasteiger partial charge is 0.396 e. The third kappa shape index (κ3) is 1.52. The molecule has 0 spiro atoms. The second kappa shape index (κ2) is 3.59. The van der Waals surface area contributed by atoms with E-state index < -0.39 is 0 Å². The summed E-state index contributed by atoms with van der Waals surface area (Å²) in [6.07, 6.45) is 5.25. The Morgan fingerprint density at radius 2 is 1.93 bits per heavy atom. The van der Waals surface area contributed by atoms with Crippen molar-refractivity contribution in [2.45, 2.75) is 0 Å². The first kappa shape index (κ1) is 8.90. The number of hydrogen-bond donors (Lipinski definition) is 2. The van der Waals surface area contributed by atoms with Crippen LogP contribution in [0.1, 0.15) is 0 Å². The molecule has 2 rings (SSSR count). The molecule has 0 radical (unpaired) electrons. The second-order valence-electron chi connectivity index (χ2n) is 2.87. The molecular formula is C10H9N3S. The maximum Gasteiger partial charge on any atom is 0.127 e. The standard InChI is InChI=1S/C10H9N3S/c11-9-8(3-6-13-10(9)14)7-1-4-12-5-2-7/h1-6H,11H2,(H,13,14). The Balaban J connectivity index is 2.64. The van der Waals surface area contributed by atoms with Gasteiger partial charge in [0.2, 0.25) is 0 Å². The van der Waals surface area contributed by atoms with Gasteiger partial charge in [-0.15, -0.1) is 0 Å². The summed E-state index contributed by atoms with van der Waals surface area (Å²) in [5.74, 6) is 0. The highest BCUT2D eigenvalue weighted by Gasteiger charge is 2.01. The van der Waals surface area contributed by atoms with Crippen molar-refractivity contribution in [3.05, 3.63) is 41.4 Å². The summed E-state index contributed by atoms with van der Waals surface area (Å²) < 4.78 is 0.569. The SMILES string of the molecule is Nc1c(-c2ccncc2)cc[nH]c1=S. The van der Waals surface area contributed by atoms with Gasteiger partial charge in [0.15, 0.2) is 0 Å². The molecule has 0 fully saturated rings. The summed E-state index contributed by atoms with van der Waals surface area (Å²) >= 11 is 5.04. The lowest BCUT2D eigenvalue weighted by molar-refractivity contribution is 1.29. The van der Waals surface area contributed by atoms with Gasteiger partial charge in [0.25, 0.3) is 0 Å². The third-order valence-electron chi connectivity index (χ3n) is 1.99. The van der Waals surface area contributed by atoms with Crippen molar-refractivity contribution in [2.24, 2.45) is 0 Å². The molecule has 0 aliphatic rings. The Morgan fingerprint density at radius 1 is 1.21 bits per heavy atom. The number of nitrogens with zero attached hydrogens (tertiary/aromatic N) is 1. The Kier molecular flexibility index (Phi) is 2.28. The minimum Gasteiger partial charge on any atom is -0.396 e. The lowest BCUT2D eigenvalue weighted by atomic mass is 10.1. The number of nitrogen functional groups attached to an aromatic ring is 1. The van der Waals surface area contributed by atoms with Crippen molar-refractivity contribution in [3.63, 3.8) is 0 Å². The van der Waals surface area contributed by atoms with Crippen LogP contribution >= 0.6 is 12.2 Å². The van der Waals surface area contributed by atoms with Gasteiger partial charge in [-0.1, -0.05) is 12.2 Å². The normalized spacial score (nSPS) is 10.0. The van der Waals surface area contributed by atoms with Crippen molar-refractivity contribution in [1.82, 2.24) is 9.97 Å². The van der Waals surface area contributed by atoms with Gasteiger partial charge in [-0.25, -0.2) is 0 Å². The van der Waals surface area contributed by atoms with E-state index in [9.17, 15) is 0 Å². The maximum atomic E-state index is 5.86. The molecule has 4 heteroatoms. The molecule has 3 N–H and O–H groups in total. The Labute approximate surface area is 86.6 Å². The van der Waals surface area contributed by atoms with Crippen LogP contribution in [0.2, 0.25) is 0 Å². The molecule has 2 aromatic rings. The van der Waals surface area contributed by atoms with Crippen LogP contribution in [0.3, 0.4) is 0 Å². The van der Waals surface area contributed by atoms with E-state index in [2.05, 4.69) is 9.97 Å². The summed E-state index contributed by atoms with van der Waals surface area (Å²) in [7, 11) is 0. The Bertz CT molecular complexity index is 490. The molecule has 0 atom stereocenters. The number of nitrogens with one attached hydrogen (secondary N) is 1. The zero-order valence-corrected chi connectivity index (χ0v) is 8.21. The Morgan fingerprint density at radius 3 is 2.64 bits per heavy atom. The highest BCUT2D eigenvalue weighted by molar-refractivity contribution is 7.71. The summed E-state index contributed by atoms with van der Waals surface area (Å²) in [4.78, 5) is 6.83. The molecule has 0 aliphatic carbocycles. The lowest BCUT2D eigenvalue weighted by Gasteiger charge is -2.04. The molecule has 3 nitrogen and oxygen atoms in total. The van der Waals surface area contributed by atoms with E-state index in [0.717, 1.165) is 11.1 Å². The number of nitrogens with two attached hydrogens (primary N) is 1. The minimum absolute atomic E-state index is 0.569. The summed E-state index contributed by atoms with van der Waals surface area (Å²) in [6.45, 7) is 0. The monoisotopic (exact) mass is 203 g/mol. The molecule has 2 heterocycles. The van der Waals surface area contributed by atoms with Gasteiger partial charge in [-0.05, 0) is 23.8 Å². The highest BCUT2D eigenvalue weighted by Crippen LogP contribution is 2.24. The number of rotatable bonds is 1. The molecule has 0 saturated carbocycles. The van der Waals surface area contributed by atoms with Gasteiger partial charge in [-0.2, -0.15) is 0 Å². The van der Waals surface area contributed by atoms with Gasteiger partial charge in [0.05, 0.1) is 5.69 Å². The molecule has 70 valence electrons. The number of aromatic nitrogens is 2. The molecule has 2 aromatic heterocycles. The van der Waals surface area contributed by atoms with Crippen LogP contribution in [0.25, 0.3) is 11.1 Å². The zero-order chi connectivity index (χ0) is 9.97. The molecule has 0 saturated heterocycles. The van der Waals surface area contributed by atoms with Crippen LogP contribution in [-0.2, 0) is 0 Å². The Hall–Kier alpha value is -1.68. The van der Waals surface area contributed by atoms with Gasteiger partial charge in [0, 0.05) is 24.2 Å². The first-order valence-corrected chi connectivity index (χ1v) is 4.57. The number of hydrogen-bond acceptors (Lipinski definition) is 3. The third-order valence-corrected chi connectivity index (χ3v) is 2.33. The van der Waals surface area contributed by atoms with Crippen molar-refractivity contribution in [3.8, 4) is 11.1 Å². The van der Waals surface area contributed by atoms with Crippen LogP contribution in [-0.4, -0.2) is 9.97 Å². The van der Waals surface area contributed by atoms with Crippen molar-refractivity contribution < 1.29 is 0 Å². The number of pyridine rings is 2. The van der Waals surface area contributed by atoms with Gasteiger partial charge >= 0.3 is 0 Å². The first-order valence-electron chi connectivity index (χ1n) is 4.16. The molecule has 0 bridgehead atoms. The average Bonchev–Trinajstić information content (AvgIpc) is 2.23. The smallest absolute Gasteiger partial charge is 0.127 e. The van der Waals surface area contributed by atoms with E-state index in [-0.39, 0.29) is 0 Å². The quantitative estimate of drug-likeness (QED) is 0.700. The van der Waals surface area contributed by atoms with Crippen LogP contribution in [0.4, 0.5) is 5.69 Å². The van der Waals surface area contributed by atoms with E-state index in [1.165, 1.54) is 0 Å². The van der Waals surface area contributed by atoms with E-state index in [1.807, 2.05) is 18.2 Å². The summed E-state index contributed by atoms with van der Waals surface area (Å²) in [5, 5.41) is 0. The number of H-pyrrole nitrogens is 1. The van der Waals surface area contributed by atoms with Gasteiger partial charge < -0.3 is 10.7 Å². The van der Waals surface area contributed by atoms with E-state index in [4.69, 9.17) is 18.0 Å². The fraction of sp³-hybridized carbons (Fsp3) is 0. The predicted octanol–water partition coefficient (Wildman–Crippen LogP) is 2.39. The van der Waals surface area contributed by atoms with Crippen LogP contribution in [0, 0.1) is 4.64 Å². The zero-order valence-electron chi connectivity index (χ0n) is 7.40. The number of aromatic amines is 1. The molecule has 0 unspecified atom stereocenters. The van der Waals surface area contributed by atoms with E-state index in [0.29, 0.717) is 10.3 Å². The van der Waals surface area contributed by atoms with Crippen LogP contribution < -0.4 is 5.73 Å². The molecule has 14 heavy (non-hydrogen) atoms. The lowest BCUT2D eigenvalue weighted by Crippen LogP contribution is -1.92. The topological polar surface area (TPSA) is 54.7 Å². The fourth-order valence-corrected chi connectivity index (χ4v) is 1.45. The summed E-state index contributed by atoms with van der Waals surface area (Å²) in [5.41, 5.74) is 8.43. The van der Waals surface area contributed by atoms with Gasteiger partial charge in [-0.3, -0.25) is 4.98 Å².